The van der Waals surface area contributed by atoms with Crippen molar-refractivity contribution in [3.63, 3.8) is 0 Å². The van der Waals surface area contributed by atoms with Gasteiger partial charge in [0, 0.05) is 17.8 Å². The molecule has 0 aliphatic carbocycles. The molecule has 3 heterocycles. The summed E-state index contributed by atoms with van der Waals surface area (Å²) in [6.07, 6.45) is 1.79. The molecule has 2 aromatic heterocycles. The summed E-state index contributed by atoms with van der Waals surface area (Å²) in [7, 11) is 0. The maximum Gasteiger partial charge on any atom is 0.254 e. The van der Waals surface area contributed by atoms with E-state index in [1.807, 2.05) is 23.7 Å². The van der Waals surface area contributed by atoms with Gasteiger partial charge in [-0.05, 0) is 85.2 Å². The summed E-state index contributed by atoms with van der Waals surface area (Å²) in [5, 5.41) is 13.9. The van der Waals surface area contributed by atoms with E-state index in [1.165, 1.54) is 5.56 Å². The highest BCUT2D eigenvalue weighted by Crippen LogP contribution is 2.38. The van der Waals surface area contributed by atoms with Gasteiger partial charge in [0.2, 0.25) is 0 Å². The van der Waals surface area contributed by atoms with Crippen molar-refractivity contribution in [2.45, 2.75) is 59.0 Å². The average molecular weight is 443 g/mol. The normalized spacial score (nSPS) is 14.6. The molecule has 0 amide bonds. The summed E-state index contributed by atoms with van der Waals surface area (Å²) >= 11 is 0. The number of nitrogens with zero attached hydrogens (tertiary/aromatic N) is 5. The summed E-state index contributed by atoms with van der Waals surface area (Å²) in [5.41, 5.74) is 5.82. The van der Waals surface area contributed by atoms with E-state index in [1.54, 1.807) is 0 Å². The molecule has 33 heavy (non-hydrogen) atoms. The summed E-state index contributed by atoms with van der Waals surface area (Å²) in [4.78, 5) is 19.0. The Balaban J connectivity index is 1.77. The maximum atomic E-state index is 13.6. The number of hydrogen-bond acceptors (Lipinski definition) is 5. The Morgan fingerprint density at radius 2 is 1.94 bits per heavy atom. The van der Waals surface area contributed by atoms with Gasteiger partial charge in [0.05, 0.1) is 11.1 Å². The van der Waals surface area contributed by atoms with Crippen molar-refractivity contribution in [1.82, 2.24) is 25.2 Å². The third-order valence-corrected chi connectivity index (χ3v) is 7.29. The van der Waals surface area contributed by atoms with Crippen molar-refractivity contribution in [2.24, 2.45) is 0 Å². The Kier molecular flexibility index (Phi) is 5.07. The number of aryl methyl sites for hydroxylation is 2. The number of rotatable bonds is 5. The molecule has 0 radical (unpaired) electrons. The van der Waals surface area contributed by atoms with Crippen LogP contribution in [0.3, 0.4) is 0 Å². The van der Waals surface area contributed by atoms with E-state index in [0.29, 0.717) is 11.4 Å². The summed E-state index contributed by atoms with van der Waals surface area (Å²) in [5.74, 6) is 0.687. The van der Waals surface area contributed by atoms with E-state index in [-0.39, 0.29) is 11.1 Å². The molecular formula is C26H30N6O. The minimum absolute atomic E-state index is 0.102. The predicted molar refractivity (Wildman–Crippen MR) is 131 cm³/mol. The SMILES string of the molecule is CCC(C)(C)n1nnnc1[C@H](c1cc2ccc(C)c(C)c2[nH]c1=O)N1CCc2ccccc21. The monoisotopic (exact) mass is 442 g/mol. The largest absolute Gasteiger partial charge is 0.357 e. The van der Waals surface area contributed by atoms with Gasteiger partial charge in [0.15, 0.2) is 5.82 Å². The molecule has 4 aromatic rings. The molecule has 7 nitrogen and oxygen atoms in total. The quantitative estimate of drug-likeness (QED) is 0.495. The molecule has 170 valence electrons. The molecule has 0 spiro atoms. The number of benzene rings is 2. The molecule has 1 N–H and O–H groups in total. The number of aromatic nitrogens is 5. The van der Waals surface area contributed by atoms with E-state index in [2.05, 4.69) is 83.4 Å². The van der Waals surface area contributed by atoms with Crippen LogP contribution in [0.2, 0.25) is 0 Å². The fourth-order valence-electron chi connectivity index (χ4n) is 4.77. The topological polar surface area (TPSA) is 79.7 Å². The maximum absolute atomic E-state index is 13.6. The number of pyridine rings is 1. The van der Waals surface area contributed by atoms with Gasteiger partial charge < -0.3 is 9.88 Å². The Morgan fingerprint density at radius 3 is 2.73 bits per heavy atom. The van der Waals surface area contributed by atoms with Gasteiger partial charge in [-0.15, -0.1) is 5.10 Å². The van der Waals surface area contributed by atoms with Gasteiger partial charge in [-0.25, -0.2) is 4.68 Å². The zero-order valence-corrected chi connectivity index (χ0v) is 19.9. The summed E-state index contributed by atoms with van der Waals surface area (Å²) in [6.45, 7) is 11.3. The number of fused-ring (bicyclic) bond motifs is 2. The third kappa shape index (κ3) is 3.43. The van der Waals surface area contributed by atoms with E-state index in [9.17, 15) is 4.79 Å². The van der Waals surface area contributed by atoms with E-state index in [4.69, 9.17) is 0 Å². The summed E-state index contributed by atoms with van der Waals surface area (Å²) < 4.78 is 1.89. The molecule has 0 unspecified atom stereocenters. The fraction of sp³-hybridized carbons (Fsp3) is 0.385. The molecule has 0 saturated heterocycles. The Hall–Kier alpha value is -3.48. The zero-order valence-electron chi connectivity index (χ0n) is 19.9. The highest BCUT2D eigenvalue weighted by atomic mass is 16.1. The van der Waals surface area contributed by atoms with Crippen molar-refractivity contribution in [1.29, 1.82) is 0 Å². The van der Waals surface area contributed by atoms with Gasteiger partial charge in [-0.3, -0.25) is 4.79 Å². The lowest BCUT2D eigenvalue weighted by molar-refractivity contribution is 0.287. The zero-order chi connectivity index (χ0) is 23.3. The van der Waals surface area contributed by atoms with E-state index >= 15 is 0 Å². The number of tetrazole rings is 1. The first kappa shape index (κ1) is 21.4. The number of H-pyrrole nitrogens is 1. The molecular weight excluding hydrogens is 412 g/mol. The van der Waals surface area contributed by atoms with Crippen LogP contribution in [0.5, 0.6) is 0 Å². The van der Waals surface area contributed by atoms with Crippen LogP contribution in [0, 0.1) is 13.8 Å². The Labute approximate surface area is 193 Å². The molecule has 1 atom stereocenters. The van der Waals surface area contributed by atoms with Crippen LogP contribution in [0.15, 0.2) is 47.3 Å². The first-order chi connectivity index (χ1) is 15.8. The number of hydrogen-bond donors (Lipinski definition) is 1. The van der Waals surface area contributed by atoms with Crippen molar-refractivity contribution in [3.05, 3.63) is 80.9 Å². The molecule has 7 heteroatoms. The third-order valence-electron chi connectivity index (χ3n) is 7.29. The van der Waals surface area contributed by atoms with Gasteiger partial charge in [0.25, 0.3) is 5.56 Å². The second-order valence-electron chi connectivity index (χ2n) is 9.62. The number of nitrogens with one attached hydrogen (secondary N) is 1. The molecule has 0 bridgehead atoms. The summed E-state index contributed by atoms with van der Waals surface area (Å²) in [6, 6.07) is 14.2. The number of aromatic amines is 1. The lowest BCUT2D eigenvalue weighted by atomic mass is 9.98. The Bertz CT molecular complexity index is 1400. The smallest absolute Gasteiger partial charge is 0.254 e. The van der Waals surface area contributed by atoms with Crippen LogP contribution in [0.4, 0.5) is 5.69 Å². The van der Waals surface area contributed by atoms with Crippen molar-refractivity contribution in [3.8, 4) is 0 Å². The van der Waals surface area contributed by atoms with Crippen molar-refractivity contribution >= 4 is 16.6 Å². The minimum atomic E-state index is -0.399. The van der Waals surface area contributed by atoms with Crippen molar-refractivity contribution < 1.29 is 0 Å². The highest BCUT2D eigenvalue weighted by Gasteiger charge is 2.36. The lowest BCUT2D eigenvalue weighted by Gasteiger charge is -2.32. The van der Waals surface area contributed by atoms with Gasteiger partial charge in [-0.2, -0.15) is 0 Å². The van der Waals surface area contributed by atoms with Crippen LogP contribution < -0.4 is 10.5 Å². The molecule has 2 aromatic carbocycles. The number of para-hydroxylation sites is 1. The van der Waals surface area contributed by atoms with E-state index < -0.39 is 6.04 Å². The molecule has 0 saturated carbocycles. The Morgan fingerprint density at radius 1 is 1.15 bits per heavy atom. The van der Waals surface area contributed by atoms with Crippen molar-refractivity contribution in [2.75, 3.05) is 11.4 Å². The van der Waals surface area contributed by atoms with E-state index in [0.717, 1.165) is 47.1 Å². The predicted octanol–water partition coefficient (Wildman–Crippen LogP) is 4.43. The van der Waals surface area contributed by atoms with Crippen LogP contribution in [-0.4, -0.2) is 31.7 Å². The van der Waals surface area contributed by atoms with Crippen LogP contribution in [0.1, 0.15) is 61.3 Å². The first-order valence-electron chi connectivity index (χ1n) is 11.6. The van der Waals surface area contributed by atoms with Crippen LogP contribution >= 0.6 is 0 Å². The highest BCUT2D eigenvalue weighted by molar-refractivity contribution is 5.83. The second-order valence-corrected chi connectivity index (χ2v) is 9.62. The van der Waals surface area contributed by atoms with Crippen LogP contribution in [-0.2, 0) is 12.0 Å². The van der Waals surface area contributed by atoms with Gasteiger partial charge >= 0.3 is 0 Å². The average Bonchev–Trinajstić information content (AvgIpc) is 3.46. The second kappa shape index (κ2) is 7.83. The molecule has 5 rings (SSSR count). The molecule has 1 aliphatic rings. The fourth-order valence-corrected chi connectivity index (χ4v) is 4.77. The lowest BCUT2D eigenvalue weighted by Crippen LogP contribution is -2.37. The van der Waals surface area contributed by atoms with Crippen LogP contribution in [0.25, 0.3) is 10.9 Å². The molecule has 1 aliphatic heterocycles. The minimum Gasteiger partial charge on any atom is -0.357 e. The standard InChI is InChI=1S/C26H30N6O/c1-6-26(4,5)32-24(28-29-30-32)23(31-14-13-18-9-7-8-10-21(18)31)20-15-19-12-11-16(2)17(3)22(19)27-25(20)33/h7-12,15,23H,6,13-14H2,1-5H3,(H,27,33)/t23-/m0/s1. The molecule has 0 fully saturated rings. The number of anilines is 1. The first-order valence-corrected chi connectivity index (χ1v) is 11.6. The van der Waals surface area contributed by atoms with Gasteiger partial charge in [0.1, 0.15) is 6.04 Å². The van der Waals surface area contributed by atoms with Gasteiger partial charge in [-0.1, -0.05) is 37.3 Å².